The first kappa shape index (κ1) is 10.8. The molecule has 0 unspecified atom stereocenters. The van der Waals surface area contributed by atoms with Gasteiger partial charge in [0.1, 0.15) is 11.4 Å². The standard InChI is InChI=1S/C12H15NO3/c1-7-5-9-8(6-10(7)15-4)12(2,3)16-11(14)13-9/h5-6H,1-4H3,(H,13,14). The maximum Gasteiger partial charge on any atom is 0.412 e. The van der Waals surface area contributed by atoms with Crippen LogP contribution in [0, 0.1) is 6.92 Å². The van der Waals surface area contributed by atoms with Crippen molar-refractivity contribution in [2.75, 3.05) is 12.4 Å². The molecule has 1 heterocycles. The third-order valence-corrected chi connectivity index (χ3v) is 2.77. The molecule has 4 nitrogen and oxygen atoms in total. The summed E-state index contributed by atoms with van der Waals surface area (Å²) in [5.41, 5.74) is 2.08. The summed E-state index contributed by atoms with van der Waals surface area (Å²) in [5.74, 6) is 0.798. The molecule has 0 spiro atoms. The van der Waals surface area contributed by atoms with Crippen molar-refractivity contribution in [3.05, 3.63) is 23.3 Å². The minimum absolute atomic E-state index is 0.415. The van der Waals surface area contributed by atoms with Gasteiger partial charge in [-0.25, -0.2) is 4.79 Å². The molecule has 0 aromatic heterocycles. The van der Waals surface area contributed by atoms with Crippen LogP contribution in [-0.2, 0) is 10.3 Å². The van der Waals surface area contributed by atoms with E-state index in [2.05, 4.69) is 5.32 Å². The molecule has 86 valence electrons. The van der Waals surface area contributed by atoms with Crippen LogP contribution < -0.4 is 10.1 Å². The van der Waals surface area contributed by atoms with E-state index in [9.17, 15) is 4.79 Å². The summed E-state index contributed by atoms with van der Waals surface area (Å²) < 4.78 is 10.5. The predicted molar refractivity (Wildman–Crippen MR) is 60.9 cm³/mol. The van der Waals surface area contributed by atoms with Gasteiger partial charge in [-0.2, -0.15) is 0 Å². The molecular weight excluding hydrogens is 206 g/mol. The molecule has 1 N–H and O–H groups in total. The van der Waals surface area contributed by atoms with Crippen LogP contribution in [-0.4, -0.2) is 13.2 Å². The summed E-state index contributed by atoms with van der Waals surface area (Å²) in [7, 11) is 1.63. The third-order valence-electron chi connectivity index (χ3n) is 2.77. The number of carbonyl (C=O) groups is 1. The van der Waals surface area contributed by atoms with Gasteiger partial charge in [-0.05, 0) is 38.5 Å². The second-order valence-electron chi connectivity index (χ2n) is 4.39. The van der Waals surface area contributed by atoms with Crippen LogP contribution in [0.25, 0.3) is 0 Å². The molecule has 0 fully saturated rings. The summed E-state index contributed by atoms with van der Waals surface area (Å²) in [5, 5.41) is 2.69. The van der Waals surface area contributed by atoms with E-state index in [0.717, 1.165) is 22.6 Å². The third kappa shape index (κ3) is 1.60. The first-order valence-corrected chi connectivity index (χ1v) is 5.13. The number of hydrogen-bond donors (Lipinski definition) is 1. The smallest absolute Gasteiger partial charge is 0.412 e. The summed E-state index contributed by atoms with van der Waals surface area (Å²) in [4.78, 5) is 11.3. The minimum atomic E-state index is -0.626. The summed E-state index contributed by atoms with van der Waals surface area (Å²) >= 11 is 0. The molecule has 1 aliphatic rings. The van der Waals surface area contributed by atoms with Crippen LogP contribution in [0.1, 0.15) is 25.0 Å². The van der Waals surface area contributed by atoms with Crippen LogP contribution in [0.4, 0.5) is 10.5 Å². The lowest BCUT2D eigenvalue weighted by Gasteiger charge is -2.33. The minimum Gasteiger partial charge on any atom is -0.496 e. The lowest BCUT2D eigenvalue weighted by Crippen LogP contribution is -2.34. The van der Waals surface area contributed by atoms with Crippen LogP contribution in [0.15, 0.2) is 12.1 Å². The molecule has 0 aliphatic carbocycles. The summed E-state index contributed by atoms with van der Waals surface area (Å²) in [6.45, 7) is 5.66. The zero-order valence-corrected chi connectivity index (χ0v) is 9.88. The molecule has 4 heteroatoms. The van der Waals surface area contributed by atoms with Crippen LogP contribution in [0.2, 0.25) is 0 Å². The number of methoxy groups -OCH3 is 1. The Bertz CT molecular complexity index is 452. The highest BCUT2D eigenvalue weighted by molar-refractivity contribution is 5.89. The average molecular weight is 221 g/mol. The van der Waals surface area contributed by atoms with E-state index in [0.29, 0.717) is 0 Å². The molecule has 0 saturated heterocycles. The van der Waals surface area contributed by atoms with Crippen molar-refractivity contribution in [3.8, 4) is 5.75 Å². The normalized spacial score (nSPS) is 17.1. The molecule has 0 atom stereocenters. The highest BCUT2D eigenvalue weighted by Crippen LogP contribution is 2.39. The number of ether oxygens (including phenoxy) is 2. The molecule has 0 saturated carbocycles. The Morgan fingerprint density at radius 3 is 2.69 bits per heavy atom. The number of cyclic esters (lactones) is 1. The zero-order valence-electron chi connectivity index (χ0n) is 9.88. The van der Waals surface area contributed by atoms with Crippen molar-refractivity contribution in [2.45, 2.75) is 26.4 Å². The van der Waals surface area contributed by atoms with Gasteiger partial charge in [-0.1, -0.05) is 0 Å². The van der Waals surface area contributed by atoms with Crippen molar-refractivity contribution in [2.24, 2.45) is 0 Å². The van der Waals surface area contributed by atoms with E-state index < -0.39 is 11.7 Å². The fourth-order valence-corrected chi connectivity index (χ4v) is 1.93. The second-order valence-corrected chi connectivity index (χ2v) is 4.39. The molecule has 1 amide bonds. The van der Waals surface area contributed by atoms with E-state index in [1.165, 1.54) is 0 Å². The van der Waals surface area contributed by atoms with Gasteiger partial charge in [0, 0.05) is 5.56 Å². The van der Waals surface area contributed by atoms with E-state index in [-0.39, 0.29) is 0 Å². The number of hydrogen-bond acceptors (Lipinski definition) is 3. The first-order valence-electron chi connectivity index (χ1n) is 5.13. The average Bonchev–Trinajstić information content (AvgIpc) is 2.15. The molecule has 1 aromatic carbocycles. The number of aryl methyl sites for hydroxylation is 1. The highest BCUT2D eigenvalue weighted by Gasteiger charge is 2.34. The summed E-state index contributed by atoms with van der Waals surface area (Å²) in [6, 6.07) is 3.81. The number of nitrogens with one attached hydrogen (secondary N) is 1. The Morgan fingerprint density at radius 1 is 1.38 bits per heavy atom. The van der Waals surface area contributed by atoms with Gasteiger partial charge in [0.05, 0.1) is 12.8 Å². The maximum absolute atomic E-state index is 11.3. The Morgan fingerprint density at radius 2 is 2.06 bits per heavy atom. The number of rotatable bonds is 1. The number of carbonyl (C=O) groups excluding carboxylic acids is 1. The van der Waals surface area contributed by atoms with Crippen molar-refractivity contribution < 1.29 is 14.3 Å². The van der Waals surface area contributed by atoms with Gasteiger partial charge < -0.3 is 9.47 Å². The van der Waals surface area contributed by atoms with Crippen LogP contribution in [0.5, 0.6) is 5.75 Å². The monoisotopic (exact) mass is 221 g/mol. The quantitative estimate of drug-likeness (QED) is 0.793. The van der Waals surface area contributed by atoms with Crippen LogP contribution >= 0.6 is 0 Å². The molecule has 2 rings (SSSR count). The van der Waals surface area contributed by atoms with E-state index >= 15 is 0 Å². The molecule has 1 aromatic rings. The van der Waals surface area contributed by atoms with Gasteiger partial charge in [0.25, 0.3) is 0 Å². The zero-order chi connectivity index (χ0) is 11.9. The van der Waals surface area contributed by atoms with Crippen molar-refractivity contribution in [3.63, 3.8) is 0 Å². The molecule has 0 bridgehead atoms. The SMILES string of the molecule is COc1cc2c(cc1C)NC(=O)OC2(C)C. The Labute approximate surface area is 94.6 Å². The first-order chi connectivity index (χ1) is 7.44. The summed E-state index contributed by atoms with van der Waals surface area (Å²) in [6.07, 6.45) is -0.415. The van der Waals surface area contributed by atoms with Gasteiger partial charge in [0.2, 0.25) is 0 Å². The van der Waals surface area contributed by atoms with Crippen molar-refractivity contribution in [1.29, 1.82) is 0 Å². The molecular formula is C12H15NO3. The Balaban J connectivity index is 2.60. The Hall–Kier alpha value is -1.71. The second kappa shape index (κ2) is 3.40. The van der Waals surface area contributed by atoms with Crippen molar-refractivity contribution >= 4 is 11.8 Å². The van der Waals surface area contributed by atoms with Gasteiger partial charge in [-0.3, -0.25) is 5.32 Å². The fourth-order valence-electron chi connectivity index (χ4n) is 1.93. The van der Waals surface area contributed by atoms with E-state index in [4.69, 9.17) is 9.47 Å². The molecule has 0 radical (unpaired) electrons. The number of benzene rings is 1. The van der Waals surface area contributed by atoms with Crippen LogP contribution in [0.3, 0.4) is 0 Å². The van der Waals surface area contributed by atoms with E-state index in [1.54, 1.807) is 7.11 Å². The highest BCUT2D eigenvalue weighted by atomic mass is 16.6. The number of anilines is 1. The fraction of sp³-hybridized carbons (Fsp3) is 0.417. The molecule has 1 aliphatic heterocycles. The number of fused-ring (bicyclic) bond motifs is 1. The maximum atomic E-state index is 11.3. The topological polar surface area (TPSA) is 47.6 Å². The van der Waals surface area contributed by atoms with Gasteiger partial charge in [-0.15, -0.1) is 0 Å². The Kier molecular flexibility index (Phi) is 2.30. The van der Waals surface area contributed by atoms with Crippen molar-refractivity contribution in [1.82, 2.24) is 0 Å². The van der Waals surface area contributed by atoms with E-state index in [1.807, 2.05) is 32.9 Å². The van der Waals surface area contributed by atoms with Gasteiger partial charge >= 0.3 is 6.09 Å². The van der Waals surface area contributed by atoms with Gasteiger partial charge in [0.15, 0.2) is 0 Å². The lowest BCUT2D eigenvalue weighted by atomic mass is 9.93. The predicted octanol–water partition coefficient (Wildman–Crippen LogP) is 2.80. The largest absolute Gasteiger partial charge is 0.496 e. The molecule has 16 heavy (non-hydrogen) atoms. The lowest BCUT2D eigenvalue weighted by molar-refractivity contribution is 0.0418. The number of amides is 1.